The summed E-state index contributed by atoms with van der Waals surface area (Å²) in [5, 5.41) is 2.62. The highest BCUT2D eigenvalue weighted by Gasteiger charge is 2.32. The van der Waals surface area contributed by atoms with Crippen molar-refractivity contribution in [3.63, 3.8) is 0 Å². The number of benzene rings is 1. The molecule has 8 heteroatoms. The average Bonchev–Trinajstić information content (AvgIpc) is 2.86. The number of rotatable bonds is 4. The topological polar surface area (TPSA) is 55.1 Å². The number of carbonyl (C=O) groups is 1. The zero-order valence-corrected chi connectivity index (χ0v) is 12.2. The first-order valence-corrected chi connectivity index (χ1v) is 7.60. The van der Waals surface area contributed by atoms with Gasteiger partial charge in [0.15, 0.2) is 0 Å². The molecule has 3 N–H and O–H groups in total. The van der Waals surface area contributed by atoms with Gasteiger partial charge in [0.25, 0.3) is 0 Å². The van der Waals surface area contributed by atoms with Crippen LogP contribution in [0.5, 0.6) is 0 Å². The number of anilines is 2. The van der Waals surface area contributed by atoms with Crippen LogP contribution in [0.25, 0.3) is 0 Å². The van der Waals surface area contributed by atoms with Crippen LogP contribution in [0.4, 0.5) is 23.9 Å². The molecule has 0 fully saturated rings. The molecule has 0 spiro atoms. The molecule has 1 aromatic heterocycles. The number of amides is 1. The van der Waals surface area contributed by atoms with E-state index in [-0.39, 0.29) is 16.7 Å². The predicted molar refractivity (Wildman–Crippen MR) is 79.5 cm³/mol. The van der Waals surface area contributed by atoms with E-state index in [1.165, 1.54) is 17.8 Å². The highest BCUT2D eigenvalue weighted by atomic mass is 32.2. The number of nitrogens with one attached hydrogen (secondary N) is 1. The maximum Gasteiger partial charge on any atom is 0.425 e. The quantitative estimate of drug-likeness (QED) is 0.655. The van der Waals surface area contributed by atoms with Crippen molar-refractivity contribution in [1.82, 2.24) is 0 Å². The second-order valence-electron chi connectivity index (χ2n) is 4.04. The van der Waals surface area contributed by atoms with Crippen molar-refractivity contribution >= 4 is 39.7 Å². The van der Waals surface area contributed by atoms with Gasteiger partial charge in [-0.2, -0.15) is 13.2 Å². The van der Waals surface area contributed by atoms with Gasteiger partial charge in [-0.3, -0.25) is 4.79 Å². The predicted octanol–water partition coefficient (Wildman–Crippen LogP) is 4.08. The zero-order chi connectivity index (χ0) is 15.5. The van der Waals surface area contributed by atoms with Crippen LogP contribution in [0.3, 0.4) is 0 Å². The van der Waals surface area contributed by atoms with Crippen LogP contribution in [0.2, 0.25) is 0 Å². The van der Waals surface area contributed by atoms with Gasteiger partial charge in [-0.25, -0.2) is 0 Å². The highest BCUT2D eigenvalue weighted by molar-refractivity contribution is 8.00. The summed E-state index contributed by atoms with van der Waals surface area (Å²) in [4.78, 5) is 11.7. The van der Waals surface area contributed by atoms with Gasteiger partial charge in [-0.1, -0.05) is 12.1 Å². The number of carbonyl (C=O) groups excluding carboxylic acids is 1. The smallest absolute Gasteiger partial charge is 0.398 e. The van der Waals surface area contributed by atoms with E-state index in [0.29, 0.717) is 17.0 Å². The van der Waals surface area contributed by atoms with Gasteiger partial charge in [-0.05, 0) is 24.3 Å². The van der Waals surface area contributed by atoms with Crippen LogP contribution in [0, 0.1) is 0 Å². The Morgan fingerprint density at radius 3 is 2.57 bits per heavy atom. The summed E-state index contributed by atoms with van der Waals surface area (Å²) in [6.07, 6.45) is -4.39. The normalized spacial score (nSPS) is 11.4. The first-order chi connectivity index (χ1) is 9.86. The standard InChI is InChI=1S/C13H11F3N2OS2/c14-13(15,16)10-5-6-12(21-10)18-11(19)7-20-9-4-2-1-3-8(9)17/h1-6H,7,17H2,(H,18,19). The molecular weight excluding hydrogens is 321 g/mol. The molecule has 0 saturated carbocycles. The van der Waals surface area contributed by atoms with Crippen molar-refractivity contribution in [3.8, 4) is 0 Å². The largest absolute Gasteiger partial charge is 0.425 e. The Morgan fingerprint density at radius 2 is 1.95 bits per heavy atom. The van der Waals surface area contributed by atoms with Crippen molar-refractivity contribution in [2.24, 2.45) is 0 Å². The summed E-state index contributed by atoms with van der Waals surface area (Å²) in [6.45, 7) is 0. The lowest BCUT2D eigenvalue weighted by atomic mass is 10.3. The Morgan fingerprint density at radius 1 is 1.24 bits per heavy atom. The fraction of sp³-hybridized carbons (Fsp3) is 0.154. The first-order valence-electron chi connectivity index (χ1n) is 5.80. The van der Waals surface area contributed by atoms with E-state index in [0.717, 1.165) is 11.0 Å². The molecule has 3 nitrogen and oxygen atoms in total. The third-order valence-electron chi connectivity index (χ3n) is 2.43. The molecule has 2 rings (SSSR count). The Kier molecular flexibility index (Phi) is 4.79. The molecule has 0 saturated heterocycles. The van der Waals surface area contributed by atoms with Crippen molar-refractivity contribution in [2.75, 3.05) is 16.8 Å². The van der Waals surface area contributed by atoms with Gasteiger partial charge in [0.1, 0.15) is 4.88 Å². The molecule has 0 unspecified atom stereocenters. The van der Waals surface area contributed by atoms with Gasteiger partial charge >= 0.3 is 6.18 Å². The summed E-state index contributed by atoms with van der Waals surface area (Å²) in [6, 6.07) is 9.26. The molecular formula is C13H11F3N2OS2. The fourth-order valence-corrected chi connectivity index (χ4v) is 3.04. The van der Waals surface area contributed by atoms with Gasteiger partial charge < -0.3 is 11.1 Å². The lowest BCUT2D eigenvalue weighted by Gasteiger charge is -2.05. The van der Waals surface area contributed by atoms with Crippen molar-refractivity contribution in [2.45, 2.75) is 11.1 Å². The first kappa shape index (κ1) is 15.7. The van der Waals surface area contributed by atoms with Gasteiger partial charge in [0.05, 0.1) is 10.8 Å². The lowest BCUT2D eigenvalue weighted by Crippen LogP contribution is -2.13. The molecule has 1 aromatic carbocycles. The Hall–Kier alpha value is -1.67. The second kappa shape index (κ2) is 6.40. The molecule has 1 amide bonds. The van der Waals surface area contributed by atoms with Crippen LogP contribution < -0.4 is 11.1 Å². The number of halogens is 3. The molecule has 0 radical (unpaired) electrons. The number of nitrogens with two attached hydrogens (primary N) is 1. The minimum Gasteiger partial charge on any atom is -0.398 e. The molecule has 0 bridgehead atoms. The third kappa shape index (κ3) is 4.40. The summed E-state index contributed by atoms with van der Waals surface area (Å²) in [7, 11) is 0. The Bertz CT molecular complexity index is 640. The zero-order valence-electron chi connectivity index (χ0n) is 10.6. The average molecular weight is 332 g/mol. The molecule has 0 aliphatic heterocycles. The van der Waals surface area contributed by atoms with E-state index in [1.54, 1.807) is 24.3 Å². The Labute approximate surface area is 127 Å². The molecule has 0 aliphatic carbocycles. The van der Waals surface area contributed by atoms with E-state index < -0.39 is 11.1 Å². The Balaban J connectivity index is 1.90. The maximum absolute atomic E-state index is 12.4. The molecule has 21 heavy (non-hydrogen) atoms. The van der Waals surface area contributed by atoms with Gasteiger partial charge in [0, 0.05) is 10.6 Å². The molecule has 2 aromatic rings. The minimum absolute atomic E-state index is 0.0768. The van der Waals surface area contributed by atoms with E-state index in [2.05, 4.69) is 5.32 Å². The number of thioether (sulfide) groups is 1. The monoisotopic (exact) mass is 332 g/mol. The van der Waals surface area contributed by atoms with Crippen LogP contribution in [0.1, 0.15) is 4.88 Å². The maximum atomic E-state index is 12.4. The molecule has 112 valence electrons. The molecule has 1 heterocycles. The number of thiophene rings is 1. The number of nitrogen functional groups attached to an aromatic ring is 1. The third-order valence-corrected chi connectivity index (χ3v) is 4.56. The summed E-state index contributed by atoms with van der Waals surface area (Å²) in [5.41, 5.74) is 6.30. The highest BCUT2D eigenvalue weighted by Crippen LogP contribution is 2.36. The number of alkyl halides is 3. The minimum atomic E-state index is -4.39. The van der Waals surface area contributed by atoms with Crippen LogP contribution in [-0.4, -0.2) is 11.7 Å². The van der Waals surface area contributed by atoms with Crippen molar-refractivity contribution in [1.29, 1.82) is 0 Å². The van der Waals surface area contributed by atoms with E-state index in [1.807, 2.05) is 0 Å². The summed E-state index contributed by atoms with van der Waals surface area (Å²) in [5.74, 6) is -0.299. The van der Waals surface area contributed by atoms with E-state index in [4.69, 9.17) is 5.73 Å². The summed E-state index contributed by atoms with van der Waals surface area (Å²) < 4.78 is 37.3. The van der Waals surface area contributed by atoms with Gasteiger partial charge in [0.2, 0.25) is 5.91 Å². The number of hydrogen-bond acceptors (Lipinski definition) is 4. The summed E-state index contributed by atoms with van der Waals surface area (Å²) >= 11 is 1.73. The number of hydrogen-bond donors (Lipinski definition) is 2. The van der Waals surface area contributed by atoms with Crippen LogP contribution in [-0.2, 0) is 11.0 Å². The van der Waals surface area contributed by atoms with Gasteiger partial charge in [-0.15, -0.1) is 23.1 Å². The lowest BCUT2D eigenvalue weighted by molar-refractivity contribution is -0.134. The fourth-order valence-electron chi connectivity index (χ4n) is 1.49. The van der Waals surface area contributed by atoms with Crippen molar-refractivity contribution < 1.29 is 18.0 Å². The molecule has 0 aliphatic rings. The van der Waals surface area contributed by atoms with E-state index in [9.17, 15) is 18.0 Å². The molecule has 0 atom stereocenters. The van der Waals surface area contributed by atoms with E-state index >= 15 is 0 Å². The van der Waals surface area contributed by atoms with Crippen LogP contribution >= 0.6 is 23.1 Å². The SMILES string of the molecule is Nc1ccccc1SCC(=O)Nc1ccc(C(F)(F)F)s1. The van der Waals surface area contributed by atoms with Crippen molar-refractivity contribution in [3.05, 3.63) is 41.3 Å². The second-order valence-corrected chi connectivity index (χ2v) is 6.14. The number of para-hydroxylation sites is 1. The van der Waals surface area contributed by atoms with Crippen LogP contribution in [0.15, 0.2) is 41.3 Å².